The summed E-state index contributed by atoms with van der Waals surface area (Å²) < 4.78 is 54.4. The average Bonchev–Trinajstić information content (AvgIpc) is 2.88. The van der Waals surface area contributed by atoms with Crippen LogP contribution in [-0.4, -0.2) is 37.7 Å². The molecule has 4 aromatic rings. The molecule has 3 aromatic heterocycles. The number of anilines is 1. The zero-order chi connectivity index (χ0) is 28.3. The molecule has 0 spiro atoms. The Bertz CT molecular complexity index is 1560. The first-order valence-corrected chi connectivity index (χ1v) is 11.7. The van der Waals surface area contributed by atoms with Crippen molar-refractivity contribution in [3.8, 4) is 22.5 Å². The molecule has 0 saturated carbocycles. The number of carbonyl (C=O) groups is 2. The summed E-state index contributed by atoms with van der Waals surface area (Å²) in [6.07, 6.45) is -2.43. The van der Waals surface area contributed by atoms with Gasteiger partial charge in [0.2, 0.25) is 5.82 Å². The number of hydrogen-bond acceptors (Lipinski definition) is 7. The highest BCUT2D eigenvalue weighted by molar-refractivity contribution is 5.98. The second-order valence-corrected chi connectivity index (χ2v) is 8.86. The molecule has 0 radical (unpaired) electrons. The Kier molecular flexibility index (Phi) is 7.65. The van der Waals surface area contributed by atoms with Gasteiger partial charge in [-0.1, -0.05) is 6.07 Å². The van der Waals surface area contributed by atoms with E-state index in [9.17, 15) is 27.2 Å². The number of aromatic nitrogens is 4. The summed E-state index contributed by atoms with van der Waals surface area (Å²) in [5.74, 6) is -3.32. The Balaban J connectivity index is 1.65. The number of carbonyl (C=O) groups excluding carboxylic acids is 2. The van der Waals surface area contributed by atoms with E-state index in [1.54, 1.807) is 13.8 Å². The van der Waals surface area contributed by atoms with Crippen LogP contribution in [0.25, 0.3) is 22.5 Å². The largest absolute Gasteiger partial charge is 0.451 e. The van der Waals surface area contributed by atoms with Crippen molar-refractivity contribution in [2.75, 3.05) is 5.73 Å². The van der Waals surface area contributed by atoms with Crippen LogP contribution in [0, 0.1) is 5.82 Å². The first kappa shape index (κ1) is 27.3. The van der Waals surface area contributed by atoms with Gasteiger partial charge in [0.25, 0.3) is 5.91 Å². The molecule has 0 aliphatic carbocycles. The normalized spacial score (nSPS) is 11.5. The number of nitrogen functional groups attached to an aromatic ring is 1. The van der Waals surface area contributed by atoms with Crippen molar-refractivity contribution in [3.05, 3.63) is 89.4 Å². The lowest BCUT2D eigenvalue weighted by Gasteiger charge is -2.12. The van der Waals surface area contributed by atoms with Gasteiger partial charge in [-0.3, -0.25) is 14.6 Å². The summed E-state index contributed by atoms with van der Waals surface area (Å²) in [5, 5.41) is 2.73. The number of nitrogens with two attached hydrogens (primary N) is 1. The fourth-order valence-electron chi connectivity index (χ4n) is 3.76. The van der Waals surface area contributed by atoms with Crippen LogP contribution in [0.2, 0.25) is 0 Å². The Labute approximate surface area is 220 Å². The number of amides is 1. The molecule has 1 aromatic carbocycles. The third-order valence-electron chi connectivity index (χ3n) is 5.49. The maximum atomic E-state index is 14.7. The van der Waals surface area contributed by atoms with Crippen LogP contribution < -0.4 is 11.1 Å². The number of rotatable bonds is 7. The summed E-state index contributed by atoms with van der Waals surface area (Å²) >= 11 is 0. The van der Waals surface area contributed by atoms with Crippen LogP contribution in [0.1, 0.15) is 46.1 Å². The van der Waals surface area contributed by atoms with Crippen LogP contribution in [0.15, 0.2) is 60.9 Å². The third-order valence-corrected chi connectivity index (χ3v) is 5.49. The minimum Gasteiger partial charge on any atom is -0.384 e. The van der Waals surface area contributed by atoms with Crippen molar-refractivity contribution in [1.82, 2.24) is 25.3 Å². The first-order valence-electron chi connectivity index (χ1n) is 11.7. The highest BCUT2D eigenvalue weighted by Crippen LogP contribution is 2.31. The number of hydrogen-bond donors (Lipinski definition) is 2. The van der Waals surface area contributed by atoms with Crippen LogP contribution in [0.5, 0.6) is 0 Å². The average molecular weight is 539 g/mol. The molecule has 3 heterocycles. The fourth-order valence-corrected chi connectivity index (χ4v) is 3.76. The van der Waals surface area contributed by atoms with Gasteiger partial charge in [-0.2, -0.15) is 13.2 Å². The van der Waals surface area contributed by atoms with Gasteiger partial charge in [0, 0.05) is 47.6 Å². The van der Waals surface area contributed by atoms with Crippen LogP contribution >= 0.6 is 0 Å². The summed E-state index contributed by atoms with van der Waals surface area (Å²) in [6.45, 7) is 3.59. The van der Waals surface area contributed by atoms with Crippen molar-refractivity contribution < 1.29 is 27.2 Å². The number of benzene rings is 1. The van der Waals surface area contributed by atoms with Crippen LogP contribution in [-0.2, 0) is 12.6 Å². The lowest BCUT2D eigenvalue weighted by atomic mass is 10.00. The van der Waals surface area contributed by atoms with E-state index in [0.717, 1.165) is 6.07 Å². The van der Waals surface area contributed by atoms with Gasteiger partial charge in [-0.25, -0.2) is 19.3 Å². The molecule has 39 heavy (non-hydrogen) atoms. The minimum atomic E-state index is -4.82. The maximum absolute atomic E-state index is 14.7. The van der Waals surface area contributed by atoms with Gasteiger partial charge in [0.05, 0.1) is 11.4 Å². The molecule has 0 aliphatic rings. The molecule has 0 fully saturated rings. The Morgan fingerprint density at radius 1 is 0.974 bits per heavy atom. The van der Waals surface area contributed by atoms with E-state index < -0.39 is 23.6 Å². The highest BCUT2D eigenvalue weighted by atomic mass is 19.4. The molecule has 8 nitrogen and oxygen atoms in total. The van der Waals surface area contributed by atoms with Crippen molar-refractivity contribution in [2.24, 2.45) is 0 Å². The zero-order valence-corrected chi connectivity index (χ0v) is 20.8. The SMILES string of the molecule is CC(C)NC(=O)c1ccc(F)c(-c2cccc(C(=O)Cc3cnccc3-c3cc(N)nc(C(F)(F)F)n3)n2)c1. The predicted octanol–water partition coefficient (Wildman–Crippen LogP) is 4.90. The minimum absolute atomic E-state index is 0.0167. The van der Waals surface area contributed by atoms with Gasteiger partial charge in [-0.15, -0.1) is 0 Å². The van der Waals surface area contributed by atoms with E-state index in [2.05, 4.69) is 25.3 Å². The van der Waals surface area contributed by atoms with E-state index in [4.69, 9.17) is 5.73 Å². The molecule has 0 saturated heterocycles. The Morgan fingerprint density at radius 3 is 2.46 bits per heavy atom. The van der Waals surface area contributed by atoms with Crippen LogP contribution in [0.3, 0.4) is 0 Å². The Hall–Kier alpha value is -4.74. The number of nitrogens with zero attached hydrogens (tertiary/aromatic N) is 4. The molecule has 0 bridgehead atoms. The quantitative estimate of drug-likeness (QED) is 0.253. The summed E-state index contributed by atoms with van der Waals surface area (Å²) in [6, 6.07) is 10.7. The molecular weight excluding hydrogens is 516 g/mol. The molecule has 200 valence electrons. The van der Waals surface area contributed by atoms with E-state index in [0.29, 0.717) is 0 Å². The van der Waals surface area contributed by atoms with E-state index in [1.807, 2.05) is 0 Å². The lowest BCUT2D eigenvalue weighted by Crippen LogP contribution is -2.30. The first-order chi connectivity index (χ1) is 18.4. The van der Waals surface area contributed by atoms with Crippen molar-refractivity contribution in [3.63, 3.8) is 0 Å². The molecule has 0 aliphatic heterocycles. The van der Waals surface area contributed by atoms with Crippen molar-refractivity contribution >= 4 is 17.5 Å². The molecule has 1 amide bonds. The smallest absolute Gasteiger partial charge is 0.384 e. The topological polar surface area (TPSA) is 124 Å². The number of halogens is 4. The maximum Gasteiger partial charge on any atom is 0.451 e. The fraction of sp³-hybridized carbons (Fsp3) is 0.185. The molecule has 4 rings (SSSR count). The highest BCUT2D eigenvalue weighted by Gasteiger charge is 2.35. The van der Waals surface area contributed by atoms with Crippen molar-refractivity contribution in [1.29, 1.82) is 0 Å². The van der Waals surface area contributed by atoms with Crippen molar-refractivity contribution in [2.45, 2.75) is 32.5 Å². The molecule has 0 unspecified atom stereocenters. The second-order valence-electron chi connectivity index (χ2n) is 8.86. The van der Waals surface area contributed by atoms with Gasteiger partial charge in [0.1, 0.15) is 17.3 Å². The number of ketones is 1. The number of alkyl halides is 3. The lowest BCUT2D eigenvalue weighted by molar-refractivity contribution is -0.144. The zero-order valence-electron chi connectivity index (χ0n) is 20.8. The predicted molar refractivity (Wildman–Crippen MR) is 135 cm³/mol. The molecule has 12 heteroatoms. The van der Waals surface area contributed by atoms with Gasteiger partial charge < -0.3 is 11.1 Å². The molecule has 0 atom stereocenters. The molecular formula is C27H22F4N6O2. The third kappa shape index (κ3) is 6.40. The van der Waals surface area contributed by atoms with Gasteiger partial charge in [0.15, 0.2) is 5.78 Å². The van der Waals surface area contributed by atoms with Crippen LogP contribution in [0.4, 0.5) is 23.4 Å². The van der Waals surface area contributed by atoms with E-state index in [-0.39, 0.29) is 63.5 Å². The number of Topliss-reactive ketones (excluding diaryl/α,β-unsaturated/α-hetero) is 1. The van der Waals surface area contributed by atoms with E-state index >= 15 is 0 Å². The summed E-state index contributed by atoms with van der Waals surface area (Å²) in [4.78, 5) is 40.6. The number of pyridine rings is 2. The molecule has 3 N–H and O–H groups in total. The van der Waals surface area contributed by atoms with Gasteiger partial charge in [-0.05, 0) is 55.8 Å². The van der Waals surface area contributed by atoms with E-state index in [1.165, 1.54) is 54.9 Å². The Morgan fingerprint density at radius 2 is 1.74 bits per heavy atom. The summed E-state index contributed by atoms with van der Waals surface area (Å²) in [7, 11) is 0. The number of nitrogens with one attached hydrogen (secondary N) is 1. The van der Waals surface area contributed by atoms with Gasteiger partial charge >= 0.3 is 6.18 Å². The summed E-state index contributed by atoms with van der Waals surface area (Å²) in [5.41, 5.74) is 6.30. The second kappa shape index (κ2) is 10.9. The standard InChI is InChI=1S/C27H22F4N6O2/c1-14(2)34-25(39)15-6-7-19(28)18(10-15)20-4-3-5-21(35-20)23(38)11-16-13-33-9-8-17(16)22-12-24(32)37-26(36-22)27(29,30)31/h3-10,12-14H,11H2,1-2H3,(H,34,39)(H2,32,36,37). The monoisotopic (exact) mass is 538 g/mol.